The number of nitrogens with zero attached hydrogens (tertiary/aromatic N) is 1. The molecule has 0 aromatic carbocycles. The number of rotatable bonds is 2. The van der Waals surface area contributed by atoms with Gasteiger partial charge in [-0.25, -0.2) is 4.79 Å². The fraction of sp³-hybridized carbons (Fsp3) is 0.300. The van der Waals surface area contributed by atoms with Crippen molar-refractivity contribution >= 4 is 18.3 Å². The fourth-order valence-corrected chi connectivity index (χ4v) is 1.12. The highest BCUT2D eigenvalue weighted by molar-refractivity contribution is 5.97. The number of nitrogens with two attached hydrogens (primary N) is 1. The first-order valence-electron chi connectivity index (χ1n) is 4.86. The van der Waals surface area contributed by atoms with Crippen LogP contribution in [-0.2, 0) is 0 Å². The lowest BCUT2D eigenvalue weighted by Crippen LogP contribution is -2.40. The molecule has 17 heavy (non-hydrogen) atoms. The standard InChI is InChI=1S/C6H5NO3.C4H7NO2/c7-6(9)5-4(3-8)1-2-10-5;6-4(7)5-2-1-3-5/h1-3H,(H2,7,9);1-3H2,(H,6,7). The first kappa shape index (κ1) is 12.8. The number of hydrogen-bond acceptors (Lipinski definition) is 4. The Balaban J connectivity index is 0.000000181. The number of furan rings is 1. The molecule has 0 saturated carbocycles. The molecule has 0 radical (unpaired) electrons. The van der Waals surface area contributed by atoms with Crippen LogP contribution in [0.2, 0.25) is 0 Å². The minimum atomic E-state index is -0.786. The highest BCUT2D eigenvalue weighted by atomic mass is 16.4. The fourth-order valence-electron chi connectivity index (χ4n) is 1.12. The predicted octanol–water partition coefficient (Wildman–Crippen LogP) is 0.561. The van der Waals surface area contributed by atoms with Gasteiger partial charge in [-0.1, -0.05) is 0 Å². The SMILES string of the molecule is NC(=O)c1occc1C=O.O=C(O)N1CCC1. The highest BCUT2D eigenvalue weighted by Crippen LogP contribution is 2.05. The zero-order chi connectivity index (χ0) is 12.8. The van der Waals surface area contributed by atoms with E-state index >= 15 is 0 Å². The number of carbonyl (C=O) groups is 3. The summed E-state index contributed by atoms with van der Waals surface area (Å²) in [5.41, 5.74) is 5.03. The van der Waals surface area contributed by atoms with Crippen LogP contribution in [0.3, 0.4) is 0 Å². The summed E-state index contributed by atoms with van der Waals surface area (Å²) >= 11 is 0. The van der Waals surface area contributed by atoms with Crippen molar-refractivity contribution in [1.29, 1.82) is 0 Å². The molecule has 92 valence electrons. The van der Waals surface area contributed by atoms with E-state index in [2.05, 4.69) is 4.42 Å². The zero-order valence-corrected chi connectivity index (χ0v) is 8.96. The molecule has 7 heteroatoms. The molecule has 0 unspecified atom stereocenters. The van der Waals surface area contributed by atoms with Crippen molar-refractivity contribution in [2.75, 3.05) is 13.1 Å². The van der Waals surface area contributed by atoms with Gasteiger partial charge in [-0.2, -0.15) is 0 Å². The maximum atomic E-state index is 10.4. The molecule has 1 saturated heterocycles. The second kappa shape index (κ2) is 5.69. The van der Waals surface area contributed by atoms with Crippen molar-refractivity contribution in [1.82, 2.24) is 4.90 Å². The maximum Gasteiger partial charge on any atom is 0.407 e. The molecule has 1 aromatic heterocycles. The average molecular weight is 240 g/mol. The number of carbonyl (C=O) groups excluding carboxylic acids is 2. The minimum Gasteiger partial charge on any atom is -0.465 e. The van der Waals surface area contributed by atoms with Crippen LogP contribution in [0.5, 0.6) is 0 Å². The van der Waals surface area contributed by atoms with Crippen LogP contribution < -0.4 is 5.73 Å². The monoisotopic (exact) mass is 240 g/mol. The van der Waals surface area contributed by atoms with Gasteiger partial charge in [0, 0.05) is 13.1 Å². The largest absolute Gasteiger partial charge is 0.465 e. The van der Waals surface area contributed by atoms with Crippen LogP contribution >= 0.6 is 0 Å². The van der Waals surface area contributed by atoms with Gasteiger partial charge < -0.3 is 20.2 Å². The van der Waals surface area contributed by atoms with Gasteiger partial charge in [0.25, 0.3) is 5.91 Å². The third-order valence-corrected chi connectivity index (χ3v) is 2.17. The lowest BCUT2D eigenvalue weighted by atomic mass is 10.2. The van der Waals surface area contributed by atoms with Gasteiger partial charge >= 0.3 is 6.09 Å². The molecule has 0 spiro atoms. The first-order valence-corrected chi connectivity index (χ1v) is 4.86. The van der Waals surface area contributed by atoms with Crippen molar-refractivity contribution in [2.24, 2.45) is 5.73 Å². The molecule has 0 bridgehead atoms. The van der Waals surface area contributed by atoms with Gasteiger partial charge in [0.1, 0.15) is 0 Å². The number of aldehydes is 1. The van der Waals surface area contributed by atoms with Gasteiger partial charge in [0.2, 0.25) is 5.76 Å². The Morgan fingerprint density at radius 3 is 2.35 bits per heavy atom. The molecule has 3 N–H and O–H groups in total. The lowest BCUT2D eigenvalue weighted by Gasteiger charge is -2.27. The molecule has 1 aliphatic rings. The van der Waals surface area contributed by atoms with Crippen molar-refractivity contribution in [3.05, 3.63) is 23.7 Å². The second-order valence-corrected chi connectivity index (χ2v) is 3.31. The number of amides is 2. The van der Waals surface area contributed by atoms with Crippen LogP contribution in [0.15, 0.2) is 16.7 Å². The summed E-state index contributed by atoms with van der Waals surface area (Å²) in [6.45, 7) is 1.46. The minimum absolute atomic E-state index is 0.0880. The van der Waals surface area contributed by atoms with Gasteiger partial charge in [-0.05, 0) is 12.5 Å². The van der Waals surface area contributed by atoms with Gasteiger partial charge in [0.15, 0.2) is 6.29 Å². The van der Waals surface area contributed by atoms with Gasteiger partial charge in [0.05, 0.1) is 11.8 Å². The number of primary amides is 1. The third kappa shape index (κ3) is 3.33. The van der Waals surface area contributed by atoms with E-state index in [-0.39, 0.29) is 11.3 Å². The summed E-state index contributed by atoms with van der Waals surface area (Å²) in [4.78, 5) is 31.8. The molecule has 2 rings (SSSR count). The molecule has 0 aliphatic carbocycles. The van der Waals surface area contributed by atoms with Crippen LogP contribution in [0.4, 0.5) is 4.79 Å². The Morgan fingerprint density at radius 2 is 2.12 bits per heavy atom. The van der Waals surface area contributed by atoms with E-state index < -0.39 is 12.0 Å². The van der Waals surface area contributed by atoms with Crippen molar-refractivity contribution in [3.63, 3.8) is 0 Å². The summed E-state index contributed by atoms with van der Waals surface area (Å²) in [7, 11) is 0. The topological polar surface area (TPSA) is 114 Å². The van der Waals surface area contributed by atoms with E-state index in [1.165, 1.54) is 17.2 Å². The Morgan fingerprint density at radius 1 is 1.47 bits per heavy atom. The summed E-state index contributed by atoms with van der Waals surface area (Å²) < 4.78 is 4.61. The molecule has 1 aromatic rings. The van der Waals surface area contributed by atoms with E-state index in [9.17, 15) is 14.4 Å². The summed E-state index contributed by atoms with van der Waals surface area (Å²) in [6, 6.07) is 1.38. The Bertz CT molecular complexity index is 422. The number of carboxylic acid groups (broad SMARTS) is 1. The summed E-state index contributed by atoms with van der Waals surface area (Å²) in [6.07, 6.45) is 2.01. The highest BCUT2D eigenvalue weighted by Gasteiger charge is 2.17. The van der Waals surface area contributed by atoms with E-state index in [0.29, 0.717) is 6.29 Å². The zero-order valence-electron chi connectivity index (χ0n) is 8.96. The molecule has 1 aliphatic heterocycles. The quantitative estimate of drug-likeness (QED) is 0.733. The van der Waals surface area contributed by atoms with Crippen LogP contribution in [-0.4, -0.2) is 41.4 Å². The van der Waals surface area contributed by atoms with Crippen LogP contribution in [0.25, 0.3) is 0 Å². The molecule has 7 nitrogen and oxygen atoms in total. The average Bonchev–Trinajstić information content (AvgIpc) is 2.62. The molecule has 2 amide bonds. The molecular weight excluding hydrogens is 228 g/mol. The lowest BCUT2D eigenvalue weighted by molar-refractivity contribution is 0.0966. The van der Waals surface area contributed by atoms with E-state index in [1.54, 1.807) is 0 Å². The van der Waals surface area contributed by atoms with Gasteiger partial charge in [-0.3, -0.25) is 9.59 Å². The maximum absolute atomic E-state index is 10.4. The van der Waals surface area contributed by atoms with E-state index in [0.717, 1.165) is 19.5 Å². The Hall–Kier alpha value is -2.31. The third-order valence-electron chi connectivity index (χ3n) is 2.17. The Kier molecular flexibility index (Phi) is 4.27. The Labute approximate surface area is 96.8 Å². The van der Waals surface area contributed by atoms with Crippen LogP contribution in [0, 0.1) is 0 Å². The van der Waals surface area contributed by atoms with E-state index in [4.69, 9.17) is 10.8 Å². The molecular formula is C10H12N2O5. The second-order valence-electron chi connectivity index (χ2n) is 3.31. The summed E-state index contributed by atoms with van der Waals surface area (Å²) in [5.74, 6) is -0.817. The number of likely N-dealkylation sites (tertiary alicyclic amines) is 1. The van der Waals surface area contributed by atoms with Crippen LogP contribution in [0.1, 0.15) is 27.3 Å². The van der Waals surface area contributed by atoms with Crippen molar-refractivity contribution in [2.45, 2.75) is 6.42 Å². The molecule has 2 heterocycles. The predicted molar refractivity (Wildman–Crippen MR) is 56.8 cm³/mol. The smallest absolute Gasteiger partial charge is 0.407 e. The van der Waals surface area contributed by atoms with Crippen molar-refractivity contribution < 1.29 is 23.9 Å². The molecule has 1 fully saturated rings. The van der Waals surface area contributed by atoms with Crippen molar-refractivity contribution in [3.8, 4) is 0 Å². The van der Waals surface area contributed by atoms with Gasteiger partial charge in [-0.15, -0.1) is 0 Å². The number of hydrogen-bond donors (Lipinski definition) is 2. The first-order chi connectivity index (χ1) is 8.06. The summed E-state index contributed by atoms with van der Waals surface area (Å²) in [5, 5.41) is 8.16. The van der Waals surface area contributed by atoms with E-state index in [1.807, 2.05) is 0 Å². The molecule has 0 atom stereocenters. The normalized spacial score (nSPS) is 13.1.